The number of aryl methyl sites for hydroxylation is 1. The van der Waals surface area contributed by atoms with E-state index in [0.29, 0.717) is 37.1 Å². The predicted octanol–water partition coefficient (Wildman–Crippen LogP) is 2.12. The largest absolute Gasteiger partial charge is 0.396 e. The number of piperidine rings is 1. The molecule has 0 bridgehead atoms. The van der Waals surface area contributed by atoms with Crippen LogP contribution in [-0.4, -0.2) is 46.8 Å². The molecule has 22 heavy (non-hydrogen) atoms. The zero-order valence-electron chi connectivity index (χ0n) is 13.2. The van der Waals surface area contributed by atoms with Crippen molar-refractivity contribution in [2.75, 3.05) is 19.7 Å². The summed E-state index contributed by atoms with van der Waals surface area (Å²) in [6.07, 6.45) is 1.28. The quantitative estimate of drug-likeness (QED) is 0.895. The van der Waals surface area contributed by atoms with Crippen LogP contribution >= 0.6 is 0 Å². The lowest BCUT2D eigenvalue weighted by molar-refractivity contribution is -0.0720. The fourth-order valence-corrected chi connectivity index (χ4v) is 3.34. The highest BCUT2D eigenvalue weighted by molar-refractivity contribution is 5.94. The highest BCUT2D eigenvalue weighted by Gasteiger charge is 2.43. The van der Waals surface area contributed by atoms with Crippen LogP contribution in [0.15, 0.2) is 18.2 Å². The molecule has 0 radical (unpaired) electrons. The Labute approximate surface area is 130 Å². The van der Waals surface area contributed by atoms with Crippen molar-refractivity contribution < 1.29 is 19.4 Å². The van der Waals surface area contributed by atoms with Gasteiger partial charge in [0.05, 0.1) is 12.7 Å². The molecule has 0 unspecified atom stereocenters. The van der Waals surface area contributed by atoms with Crippen LogP contribution in [0.4, 0.5) is 4.39 Å². The lowest BCUT2D eigenvalue weighted by Crippen LogP contribution is -2.55. The first-order chi connectivity index (χ1) is 10.4. The van der Waals surface area contributed by atoms with Crippen molar-refractivity contribution >= 4 is 5.91 Å². The van der Waals surface area contributed by atoms with Crippen molar-refractivity contribution in [2.45, 2.75) is 39.2 Å². The van der Waals surface area contributed by atoms with E-state index < -0.39 is 17.3 Å². The second kappa shape index (κ2) is 6.75. The molecule has 2 N–H and O–H groups in total. The van der Waals surface area contributed by atoms with Gasteiger partial charge in [-0.25, -0.2) is 4.39 Å². The van der Waals surface area contributed by atoms with Crippen LogP contribution in [0, 0.1) is 18.2 Å². The zero-order valence-corrected chi connectivity index (χ0v) is 13.2. The summed E-state index contributed by atoms with van der Waals surface area (Å²) in [6.45, 7) is 4.29. The Kier molecular flexibility index (Phi) is 5.19. The van der Waals surface area contributed by atoms with E-state index in [2.05, 4.69) is 0 Å². The molecule has 2 rings (SSSR count). The molecule has 0 saturated carbocycles. The molecule has 1 aromatic carbocycles. The summed E-state index contributed by atoms with van der Waals surface area (Å²) in [5, 5.41) is 20.0. The number of likely N-dealkylation sites (tertiary alicyclic amines) is 1. The third-order valence-electron chi connectivity index (χ3n) is 4.52. The SMILES string of the molecule is CCC[C@@]1(CO)CN(C(=O)c2cc(C)cc(F)c2)CC[C@H]1O. The molecule has 1 saturated heterocycles. The monoisotopic (exact) mass is 309 g/mol. The number of aliphatic hydroxyl groups excluding tert-OH is 2. The van der Waals surface area contributed by atoms with E-state index in [1.807, 2.05) is 6.92 Å². The maximum Gasteiger partial charge on any atom is 0.253 e. The Hall–Kier alpha value is -1.46. The van der Waals surface area contributed by atoms with E-state index in [1.54, 1.807) is 17.9 Å². The molecular weight excluding hydrogens is 285 g/mol. The van der Waals surface area contributed by atoms with Gasteiger partial charge in [0.15, 0.2) is 0 Å². The first-order valence-corrected chi connectivity index (χ1v) is 7.77. The summed E-state index contributed by atoms with van der Waals surface area (Å²) < 4.78 is 13.5. The Morgan fingerprint density at radius 1 is 1.45 bits per heavy atom. The van der Waals surface area contributed by atoms with Crippen LogP contribution in [0.25, 0.3) is 0 Å². The smallest absolute Gasteiger partial charge is 0.253 e. The Bertz CT molecular complexity index is 528. The minimum atomic E-state index is -0.676. The van der Waals surface area contributed by atoms with E-state index in [1.165, 1.54) is 12.1 Å². The number of rotatable bonds is 4. The van der Waals surface area contributed by atoms with Crippen LogP contribution in [-0.2, 0) is 0 Å². The number of amides is 1. The van der Waals surface area contributed by atoms with Gasteiger partial charge in [-0.1, -0.05) is 13.3 Å². The van der Waals surface area contributed by atoms with Crippen molar-refractivity contribution in [3.8, 4) is 0 Å². The predicted molar refractivity (Wildman–Crippen MR) is 82.1 cm³/mol. The van der Waals surface area contributed by atoms with Gasteiger partial charge < -0.3 is 15.1 Å². The van der Waals surface area contributed by atoms with Crippen LogP contribution < -0.4 is 0 Å². The second-order valence-electron chi connectivity index (χ2n) is 6.32. The topological polar surface area (TPSA) is 60.8 Å². The molecule has 0 aromatic heterocycles. The van der Waals surface area contributed by atoms with Gasteiger partial charge in [0.2, 0.25) is 0 Å². The fraction of sp³-hybridized carbons (Fsp3) is 0.588. The maximum atomic E-state index is 13.5. The number of carbonyl (C=O) groups excluding carboxylic acids is 1. The fourth-order valence-electron chi connectivity index (χ4n) is 3.34. The number of carbonyl (C=O) groups is 1. The lowest BCUT2D eigenvalue weighted by atomic mass is 9.74. The Morgan fingerprint density at radius 2 is 2.18 bits per heavy atom. The van der Waals surface area contributed by atoms with Crippen LogP contribution in [0.2, 0.25) is 0 Å². The van der Waals surface area contributed by atoms with Crippen LogP contribution in [0.5, 0.6) is 0 Å². The maximum absolute atomic E-state index is 13.5. The van der Waals surface area contributed by atoms with E-state index in [0.717, 1.165) is 6.42 Å². The van der Waals surface area contributed by atoms with Gasteiger partial charge in [0.25, 0.3) is 5.91 Å². The van der Waals surface area contributed by atoms with Gasteiger partial charge in [-0.3, -0.25) is 4.79 Å². The van der Waals surface area contributed by atoms with E-state index >= 15 is 0 Å². The standard InChI is InChI=1S/C17H24FNO3/c1-3-5-17(11-20)10-19(6-4-15(17)21)16(22)13-7-12(2)8-14(18)9-13/h7-9,15,20-21H,3-6,10-11H2,1-2H3/t15-,17+/m1/s1. The molecule has 1 amide bonds. The van der Waals surface area contributed by atoms with E-state index in [4.69, 9.17) is 0 Å². The van der Waals surface area contributed by atoms with Gasteiger partial charge in [-0.05, 0) is 43.5 Å². The van der Waals surface area contributed by atoms with Crippen molar-refractivity contribution in [1.29, 1.82) is 0 Å². The van der Waals surface area contributed by atoms with Gasteiger partial charge >= 0.3 is 0 Å². The Balaban J connectivity index is 2.23. The molecule has 1 aliphatic rings. The number of benzene rings is 1. The average Bonchev–Trinajstić information content (AvgIpc) is 2.48. The molecule has 1 fully saturated rings. The third-order valence-corrected chi connectivity index (χ3v) is 4.52. The van der Waals surface area contributed by atoms with Crippen molar-refractivity contribution in [3.05, 3.63) is 35.1 Å². The molecule has 1 aliphatic heterocycles. The molecule has 2 atom stereocenters. The molecular formula is C17H24FNO3. The molecule has 1 aromatic rings. The molecule has 5 heteroatoms. The van der Waals surface area contributed by atoms with Crippen molar-refractivity contribution in [3.63, 3.8) is 0 Å². The minimum Gasteiger partial charge on any atom is -0.396 e. The van der Waals surface area contributed by atoms with Crippen LogP contribution in [0.1, 0.15) is 42.1 Å². The summed E-state index contributed by atoms with van der Waals surface area (Å²) in [6, 6.07) is 4.28. The molecule has 0 aliphatic carbocycles. The summed E-state index contributed by atoms with van der Waals surface area (Å²) >= 11 is 0. The summed E-state index contributed by atoms with van der Waals surface area (Å²) in [5.74, 6) is -0.675. The number of hydrogen-bond donors (Lipinski definition) is 2. The normalized spacial score (nSPS) is 25.3. The number of halogens is 1. The zero-order chi connectivity index (χ0) is 16.3. The molecule has 4 nitrogen and oxygen atoms in total. The summed E-state index contributed by atoms with van der Waals surface area (Å²) in [4.78, 5) is 14.2. The number of hydrogen-bond acceptors (Lipinski definition) is 3. The lowest BCUT2D eigenvalue weighted by Gasteiger charge is -2.45. The van der Waals surface area contributed by atoms with Crippen molar-refractivity contribution in [2.24, 2.45) is 5.41 Å². The highest BCUT2D eigenvalue weighted by Crippen LogP contribution is 2.35. The number of aliphatic hydroxyl groups is 2. The molecule has 122 valence electrons. The van der Waals surface area contributed by atoms with Gasteiger partial charge in [0.1, 0.15) is 5.82 Å². The summed E-state index contributed by atoms with van der Waals surface area (Å²) in [5.41, 5.74) is 0.338. The minimum absolute atomic E-state index is 0.159. The van der Waals surface area contributed by atoms with E-state index in [9.17, 15) is 19.4 Å². The third kappa shape index (κ3) is 3.31. The number of nitrogens with zero attached hydrogens (tertiary/aromatic N) is 1. The van der Waals surface area contributed by atoms with Gasteiger partial charge in [0, 0.05) is 24.1 Å². The van der Waals surface area contributed by atoms with Crippen molar-refractivity contribution in [1.82, 2.24) is 4.90 Å². The van der Waals surface area contributed by atoms with Gasteiger partial charge in [-0.15, -0.1) is 0 Å². The molecule has 0 spiro atoms. The second-order valence-corrected chi connectivity index (χ2v) is 6.32. The first kappa shape index (κ1) is 16.9. The molecule has 1 heterocycles. The van der Waals surface area contributed by atoms with E-state index in [-0.39, 0.29) is 12.5 Å². The average molecular weight is 309 g/mol. The van der Waals surface area contributed by atoms with Gasteiger partial charge in [-0.2, -0.15) is 0 Å². The first-order valence-electron chi connectivity index (χ1n) is 7.77. The highest BCUT2D eigenvalue weighted by atomic mass is 19.1. The van der Waals surface area contributed by atoms with Crippen LogP contribution in [0.3, 0.4) is 0 Å². The summed E-state index contributed by atoms with van der Waals surface area (Å²) in [7, 11) is 0. The Morgan fingerprint density at radius 3 is 2.77 bits per heavy atom.